The number of rotatable bonds is 4. The van der Waals surface area contributed by atoms with Crippen LogP contribution in [0.15, 0.2) is 6.20 Å². The molecule has 148 valence electrons. The summed E-state index contributed by atoms with van der Waals surface area (Å²) in [6.45, 7) is 0. The van der Waals surface area contributed by atoms with E-state index in [1.165, 1.54) is 0 Å². The Bertz CT molecular complexity index is 795. The summed E-state index contributed by atoms with van der Waals surface area (Å²) in [7, 11) is 0. The molecule has 0 radical (unpaired) electrons. The van der Waals surface area contributed by atoms with Gasteiger partial charge in [0.15, 0.2) is 11.6 Å². The number of ether oxygens (including phenoxy) is 1. The van der Waals surface area contributed by atoms with Crippen LogP contribution in [0.2, 0.25) is 5.28 Å². The van der Waals surface area contributed by atoms with E-state index in [0.29, 0.717) is 0 Å². The SMILES string of the molecule is NC(=O)[C@H]1[C@@H]2C[C@@H](N)[C@](OC(=O)C(F)(F)F)(C2)[C@H]1Nc1nc(Cl)ncc1F. The highest BCUT2D eigenvalue weighted by Crippen LogP contribution is 2.54. The van der Waals surface area contributed by atoms with Crippen LogP contribution in [0.4, 0.5) is 23.4 Å². The van der Waals surface area contributed by atoms with Gasteiger partial charge in [-0.25, -0.2) is 14.2 Å². The highest BCUT2D eigenvalue weighted by atomic mass is 35.5. The van der Waals surface area contributed by atoms with E-state index in [-0.39, 0.29) is 18.1 Å². The van der Waals surface area contributed by atoms with E-state index in [9.17, 15) is 27.2 Å². The minimum Gasteiger partial charge on any atom is -0.449 e. The van der Waals surface area contributed by atoms with Crippen molar-refractivity contribution in [1.29, 1.82) is 0 Å². The lowest BCUT2D eigenvalue weighted by Crippen LogP contribution is -2.62. The monoisotopic (exact) mass is 411 g/mol. The van der Waals surface area contributed by atoms with Crippen molar-refractivity contribution in [3.8, 4) is 0 Å². The molecule has 2 fully saturated rings. The van der Waals surface area contributed by atoms with Gasteiger partial charge in [-0.05, 0) is 30.4 Å². The summed E-state index contributed by atoms with van der Waals surface area (Å²) in [6, 6.07) is -2.35. The fourth-order valence-electron chi connectivity index (χ4n) is 3.99. The molecule has 2 aliphatic rings. The first-order chi connectivity index (χ1) is 12.5. The molecule has 27 heavy (non-hydrogen) atoms. The van der Waals surface area contributed by atoms with Crippen LogP contribution in [0, 0.1) is 17.7 Å². The van der Waals surface area contributed by atoms with Gasteiger partial charge >= 0.3 is 12.1 Å². The maximum atomic E-state index is 14.0. The van der Waals surface area contributed by atoms with E-state index in [1.54, 1.807) is 0 Å². The van der Waals surface area contributed by atoms with Crippen LogP contribution in [0.25, 0.3) is 0 Å². The van der Waals surface area contributed by atoms with Crippen molar-refractivity contribution >= 4 is 29.3 Å². The highest BCUT2D eigenvalue weighted by Gasteiger charge is 2.67. The fraction of sp³-hybridized carbons (Fsp3) is 0.571. The van der Waals surface area contributed by atoms with Crippen molar-refractivity contribution in [1.82, 2.24) is 9.97 Å². The van der Waals surface area contributed by atoms with E-state index < -0.39 is 59.2 Å². The molecule has 1 heterocycles. The second-order valence-corrected chi connectivity index (χ2v) is 6.87. The quantitative estimate of drug-likeness (QED) is 0.378. The van der Waals surface area contributed by atoms with Crippen LogP contribution in [0.1, 0.15) is 12.8 Å². The molecule has 0 unspecified atom stereocenters. The molecule has 1 aromatic heterocycles. The van der Waals surface area contributed by atoms with Gasteiger partial charge in [0.25, 0.3) is 0 Å². The zero-order chi connectivity index (χ0) is 20.1. The fourth-order valence-corrected chi connectivity index (χ4v) is 4.12. The topological polar surface area (TPSA) is 133 Å². The molecule has 5 N–H and O–H groups in total. The molecule has 2 saturated carbocycles. The Hall–Kier alpha value is -2.21. The summed E-state index contributed by atoms with van der Waals surface area (Å²) in [6.07, 6.45) is -4.56. The summed E-state index contributed by atoms with van der Waals surface area (Å²) in [4.78, 5) is 30.4. The number of nitrogens with zero attached hydrogens (tertiary/aromatic N) is 2. The number of hydrogen-bond acceptors (Lipinski definition) is 7. The third-order valence-electron chi connectivity index (χ3n) is 5.01. The maximum Gasteiger partial charge on any atom is 0.490 e. The molecular formula is C14H14ClF4N5O3. The number of fused-ring (bicyclic) bond motifs is 2. The van der Waals surface area contributed by atoms with Gasteiger partial charge in [0, 0.05) is 6.04 Å². The lowest BCUT2D eigenvalue weighted by Gasteiger charge is -2.42. The highest BCUT2D eigenvalue weighted by molar-refractivity contribution is 6.28. The smallest absolute Gasteiger partial charge is 0.449 e. The number of alkyl halides is 3. The number of primary amides is 1. The molecule has 0 aliphatic heterocycles. The number of amides is 1. The summed E-state index contributed by atoms with van der Waals surface area (Å²) >= 11 is 5.61. The molecule has 8 nitrogen and oxygen atoms in total. The van der Waals surface area contributed by atoms with Gasteiger partial charge in [0.05, 0.1) is 18.2 Å². The van der Waals surface area contributed by atoms with Crippen LogP contribution in [-0.4, -0.2) is 45.7 Å². The minimum atomic E-state index is -5.27. The normalized spacial score (nSPS) is 32.4. The molecule has 3 rings (SSSR count). The zero-order valence-electron chi connectivity index (χ0n) is 13.5. The van der Waals surface area contributed by atoms with Gasteiger partial charge < -0.3 is 21.5 Å². The van der Waals surface area contributed by atoms with Gasteiger partial charge in [-0.2, -0.15) is 18.2 Å². The van der Waals surface area contributed by atoms with Gasteiger partial charge in [-0.3, -0.25) is 4.79 Å². The van der Waals surface area contributed by atoms with Crippen molar-refractivity contribution < 1.29 is 31.9 Å². The Kier molecular flexibility index (Phi) is 4.67. The standard InChI is InChI=1S/C14H14ClF4N5O3/c15-12-22-3-5(16)10(24-12)23-8-7(9(21)25)4-1-6(20)13(8,2-4)27-11(26)14(17,18)19/h3-4,6-8H,1-2,20H2,(H2,21,25)(H,22,23,24)/t4-,6-,7+,8+,13-/m1/s1. The van der Waals surface area contributed by atoms with E-state index in [4.69, 9.17) is 27.8 Å². The lowest BCUT2D eigenvalue weighted by atomic mass is 9.79. The second-order valence-electron chi connectivity index (χ2n) is 6.53. The molecule has 13 heteroatoms. The molecule has 2 bridgehead atoms. The Morgan fingerprint density at radius 2 is 2.07 bits per heavy atom. The first kappa shape index (κ1) is 19.5. The Morgan fingerprint density at radius 3 is 2.67 bits per heavy atom. The number of anilines is 1. The van der Waals surface area contributed by atoms with Crippen LogP contribution >= 0.6 is 11.6 Å². The van der Waals surface area contributed by atoms with Gasteiger partial charge in [-0.1, -0.05) is 0 Å². The molecule has 0 saturated heterocycles. The predicted molar refractivity (Wildman–Crippen MR) is 82.7 cm³/mol. The molecule has 1 aromatic rings. The van der Waals surface area contributed by atoms with Gasteiger partial charge in [-0.15, -0.1) is 0 Å². The minimum absolute atomic E-state index is 0.115. The first-order valence-corrected chi connectivity index (χ1v) is 8.13. The van der Waals surface area contributed by atoms with Crippen molar-refractivity contribution in [3.05, 3.63) is 17.3 Å². The zero-order valence-corrected chi connectivity index (χ0v) is 14.2. The number of aromatic nitrogens is 2. The van der Waals surface area contributed by atoms with E-state index in [1.807, 2.05) is 0 Å². The number of nitrogens with one attached hydrogen (secondary N) is 1. The average molecular weight is 412 g/mol. The van der Waals surface area contributed by atoms with Crippen molar-refractivity contribution in [2.75, 3.05) is 5.32 Å². The molecular weight excluding hydrogens is 398 g/mol. The van der Waals surface area contributed by atoms with E-state index >= 15 is 0 Å². The number of carbonyl (C=O) groups excluding carboxylic acids is 2. The van der Waals surface area contributed by atoms with Gasteiger partial charge in [0.1, 0.15) is 5.60 Å². The number of nitrogens with two attached hydrogens (primary N) is 2. The Morgan fingerprint density at radius 1 is 1.41 bits per heavy atom. The summed E-state index contributed by atoms with van der Waals surface area (Å²) in [5, 5.41) is 2.16. The van der Waals surface area contributed by atoms with E-state index in [0.717, 1.165) is 6.20 Å². The number of hydrogen-bond donors (Lipinski definition) is 3. The lowest BCUT2D eigenvalue weighted by molar-refractivity contribution is -0.215. The van der Waals surface area contributed by atoms with Crippen LogP contribution in [-0.2, 0) is 14.3 Å². The molecule has 0 aromatic carbocycles. The summed E-state index contributed by atoms with van der Waals surface area (Å²) in [5.41, 5.74) is 9.40. The molecule has 5 atom stereocenters. The third kappa shape index (κ3) is 3.27. The number of esters is 1. The maximum absolute atomic E-state index is 14.0. The average Bonchev–Trinajstić information content (AvgIpc) is 3.01. The Balaban J connectivity index is 2.01. The van der Waals surface area contributed by atoms with Crippen molar-refractivity contribution in [2.24, 2.45) is 23.3 Å². The van der Waals surface area contributed by atoms with Crippen molar-refractivity contribution in [3.63, 3.8) is 0 Å². The number of carbonyl (C=O) groups is 2. The molecule has 2 aliphatic carbocycles. The van der Waals surface area contributed by atoms with Crippen LogP contribution in [0.3, 0.4) is 0 Å². The summed E-state index contributed by atoms with van der Waals surface area (Å²) in [5.74, 6) is -6.37. The Labute approximate surface area is 154 Å². The summed E-state index contributed by atoms with van der Waals surface area (Å²) < 4.78 is 57.0. The molecule has 1 amide bonds. The second kappa shape index (κ2) is 6.44. The largest absolute Gasteiger partial charge is 0.490 e. The van der Waals surface area contributed by atoms with E-state index in [2.05, 4.69) is 15.3 Å². The van der Waals surface area contributed by atoms with Crippen molar-refractivity contribution in [2.45, 2.75) is 36.7 Å². The third-order valence-corrected chi connectivity index (χ3v) is 5.19. The first-order valence-electron chi connectivity index (χ1n) is 7.75. The molecule has 0 spiro atoms. The van der Waals surface area contributed by atoms with Gasteiger partial charge in [0.2, 0.25) is 11.2 Å². The predicted octanol–water partition coefficient (Wildman–Crippen LogP) is 0.746. The van der Waals surface area contributed by atoms with Crippen LogP contribution < -0.4 is 16.8 Å². The van der Waals surface area contributed by atoms with Crippen LogP contribution in [0.5, 0.6) is 0 Å². The number of halogens is 5.